The lowest BCUT2D eigenvalue weighted by Gasteiger charge is -2.16. The number of carbonyl (C=O) groups is 1. The van der Waals surface area contributed by atoms with Crippen molar-refractivity contribution in [2.24, 2.45) is 5.92 Å². The number of benzene rings is 1. The van der Waals surface area contributed by atoms with E-state index in [0.717, 1.165) is 25.7 Å². The number of amides is 1. The normalized spacial score (nSPS) is 16.7. The molecule has 1 aliphatic carbocycles. The molecule has 1 aliphatic rings. The zero-order valence-electron chi connectivity index (χ0n) is 11.4. The molecule has 1 aromatic carbocycles. The highest BCUT2D eigenvalue weighted by molar-refractivity contribution is 5.94. The van der Waals surface area contributed by atoms with Crippen molar-refractivity contribution in [3.8, 4) is 5.75 Å². The van der Waals surface area contributed by atoms with Crippen molar-refractivity contribution in [1.29, 1.82) is 0 Å². The average molecular weight is 262 g/mol. The number of nitrogens with two attached hydrogens (primary N) is 1. The number of hydrogen-bond donors (Lipinski definition) is 2. The summed E-state index contributed by atoms with van der Waals surface area (Å²) < 4.78 is 5.24. The summed E-state index contributed by atoms with van der Waals surface area (Å²) in [7, 11) is 1.58. The molecule has 19 heavy (non-hydrogen) atoms. The standard InChI is InChI=1S/C15H22N2O2/c1-19-14-10-12(16)8-9-13(14)17-15(18)11-6-4-2-3-5-7-11/h8-11H,2-7,16H2,1H3,(H,17,18). The van der Waals surface area contributed by atoms with E-state index in [9.17, 15) is 4.79 Å². The van der Waals surface area contributed by atoms with Gasteiger partial charge in [0.15, 0.2) is 0 Å². The third-order valence-electron chi connectivity index (χ3n) is 3.71. The quantitative estimate of drug-likeness (QED) is 0.649. The molecule has 4 nitrogen and oxygen atoms in total. The maximum absolute atomic E-state index is 12.3. The smallest absolute Gasteiger partial charge is 0.227 e. The van der Waals surface area contributed by atoms with Crippen molar-refractivity contribution < 1.29 is 9.53 Å². The fourth-order valence-electron chi connectivity index (χ4n) is 2.59. The van der Waals surface area contributed by atoms with Gasteiger partial charge in [0.2, 0.25) is 5.91 Å². The van der Waals surface area contributed by atoms with Crippen molar-refractivity contribution in [3.63, 3.8) is 0 Å². The number of methoxy groups -OCH3 is 1. The minimum atomic E-state index is 0.102. The van der Waals surface area contributed by atoms with Crippen LogP contribution in [0, 0.1) is 5.92 Å². The zero-order chi connectivity index (χ0) is 13.7. The van der Waals surface area contributed by atoms with E-state index in [-0.39, 0.29) is 11.8 Å². The monoisotopic (exact) mass is 262 g/mol. The van der Waals surface area contributed by atoms with Gasteiger partial charge in [0.05, 0.1) is 12.8 Å². The molecule has 0 aromatic heterocycles. The third-order valence-corrected chi connectivity index (χ3v) is 3.71. The summed E-state index contributed by atoms with van der Waals surface area (Å²) in [5.41, 5.74) is 7.03. The molecule has 0 radical (unpaired) electrons. The second-order valence-corrected chi connectivity index (χ2v) is 5.14. The van der Waals surface area contributed by atoms with Gasteiger partial charge < -0.3 is 15.8 Å². The van der Waals surface area contributed by atoms with Gasteiger partial charge in [-0.1, -0.05) is 25.7 Å². The highest BCUT2D eigenvalue weighted by Gasteiger charge is 2.20. The van der Waals surface area contributed by atoms with Gasteiger partial charge in [0, 0.05) is 17.7 Å². The molecule has 0 atom stereocenters. The van der Waals surface area contributed by atoms with Gasteiger partial charge in [-0.2, -0.15) is 0 Å². The predicted molar refractivity (Wildman–Crippen MR) is 77.2 cm³/mol. The Morgan fingerprint density at radius 3 is 2.58 bits per heavy atom. The lowest BCUT2D eigenvalue weighted by Crippen LogP contribution is -2.22. The number of nitrogen functional groups attached to an aromatic ring is 1. The largest absolute Gasteiger partial charge is 0.494 e. The summed E-state index contributed by atoms with van der Waals surface area (Å²) in [6.45, 7) is 0. The van der Waals surface area contributed by atoms with Gasteiger partial charge in [0.25, 0.3) is 0 Å². The first-order chi connectivity index (χ1) is 9.20. The molecule has 1 aromatic rings. The number of hydrogen-bond acceptors (Lipinski definition) is 3. The molecule has 4 heteroatoms. The number of carbonyl (C=O) groups excluding carboxylic acids is 1. The van der Waals surface area contributed by atoms with Gasteiger partial charge >= 0.3 is 0 Å². The lowest BCUT2D eigenvalue weighted by molar-refractivity contribution is -0.120. The summed E-state index contributed by atoms with van der Waals surface area (Å²) in [6.07, 6.45) is 6.77. The number of nitrogens with one attached hydrogen (secondary N) is 1. The molecular formula is C15H22N2O2. The van der Waals surface area contributed by atoms with Crippen molar-refractivity contribution in [2.75, 3.05) is 18.2 Å². The summed E-state index contributed by atoms with van der Waals surface area (Å²) in [5, 5.41) is 2.97. The summed E-state index contributed by atoms with van der Waals surface area (Å²) in [6, 6.07) is 5.29. The zero-order valence-corrected chi connectivity index (χ0v) is 11.4. The van der Waals surface area contributed by atoms with Gasteiger partial charge in [-0.25, -0.2) is 0 Å². The van der Waals surface area contributed by atoms with Crippen LogP contribution in [0.2, 0.25) is 0 Å². The van der Waals surface area contributed by atoms with Crippen LogP contribution in [0.4, 0.5) is 11.4 Å². The molecule has 0 heterocycles. The van der Waals surface area contributed by atoms with E-state index >= 15 is 0 Å². The van der Waals surface area contributed by atoms with Crippen molar-refractivity contribution >= 4 is 17.3 Å². The third kappa shape index (κ3) is 3.63. The van der Waals surface area contributed by atoms with Gasteiger partial charge in [-0.3, -0.25) is 4.79 Å². The van der Waals surface area contributed by atoms with Crippen LogP contribution in [0.1, 0.15) is 38.5 Å². The highest BCUT2D eigenvalue weighted by Crippen LogP contribution is 2.29. The molecule has 1 saturated carbocycles. The molecule has 2 rings (SSSR count). The Hall–Kier alpha value is -1.71. The van der Waals surface area contributed by atoms with Crippen molar-refractivity contribution in [1.82, 2.24) is 0 Å². The Bertz CT molecular complexity index is 438. The van der Waals surface area contributed by atoms with Gasteiger partial charge in [-0.05, 0) is 25.0 Å². The van der Waals surface area contributed by atoms with Crippen molar-refractivity contribution in [2.45, 2.75) is 38.5 Å². The summed E-state index contributed by atoms with van der Waals surface area (Å²) in [5.74, 6) is 0.844. The Morgan fingerprint density at radius 2 is 1.95 bits per heavy atom. The molecule has 1 fully saturated rings. The van der Waals surface area contributed by atoms with Crippen LogP contribution in [0.25, 0.3) is 0 Å². The van der Waals surface area contributed by atoms with Crippen LogP contribution in [-0.2, 0) is 4.79 Å². The Balaban J connectivity index is 2.05. The van der Waals surface area contributed by atoms with E-state index < -0.39 is 0 Å². The molecule has 0 unspecified atom stereocenters. The van der Waals surface area contributed by atoms with E-state index in [2.05, 4.69) is 5.32 Å². The molecule has 3 N–H and O–H groups in total. The average Bonchev–Trinajstić information content (AvgIpc) is 2.69. The first-order valence-electron chi connectivity index (χ1n) is 6.95. The lowest BCUT2D eigenvalue weighted by atomic mass is 9.99. The van der Waals surface area contributed by atoms with Crippen LogP contribution in [0.5, 0.6) is 5.75 Å². The van der Waals surface area contributed by atoms with E-state index in [1.54, 1.807) is 25.3 Å². The predicted octanol–water partition coefficient (Wildman–Crippen LogP) is 3.19. The maximum atomic E-state index is 12.3. The second-order valence-electron chi connectivity index (χ2n) is 5.14. The molecule has 0 saturated heterocycles. The first kappa shape index (κ1) is 13.7. The SMILES string of the molecule is COc1cc(N)ccc1NC(=O)C1CCCCCC1. The molecule has 0 bridgehead atoms. The van der Waals surface area contributed by atoms with E-state index in [4.69, 9.17) is 10.5 Å². The summed E-state index contributed by atoms with van der Waals surface area (Å²) >= 11 is 0. The number of anilines is 2. The molecule has 0 spiro atoms. The maximum Gasteiger partial charge on any atom is 0.227 e. The van der Waals surface area contributed by atoms with E-state index in [1.807, 2.05) is 0 Å². The highest BCUT2D eigenvalue weighted by atomic mass is 16.5. The summed E-state index contributed by atoms with van der Waals surface area (Å²) in [4.78, 5) is 12.3. The molecule has 1 amide bonds. The topological polar surface area (TPSA) is 64.3 Å². The Morgan fingerprint density at radius 1 is 1.26 bits per heavy atom. The first-order valence-corrected chi connectivity index (χ1v) is 6.95. The van der Waals surface area contributed by atoms with E-state index in [0.29, 0.717) is 17.1 Å². The van der Waals surface area contributed by atoms with Crippen molar-refractivity contribution in [3.05, 3.63) is 18.2 Å². The minimum absolute atomic E-state index is 0.102. The molecule has 0 aliphatic heterocycles. The Labute approximate surface area is 114 Å². The van der Waals surface area contributed by atoms with Crippen LogP contribution in [0.15, 0.2) is 18.2 Å². The van der Waals surface area contributed by atoms with Gasteiger partial charge in [-0.15, -0.1) is 0 Å². The van der Waals surface area contributed by atoms with Crippen LogP contribution < -0.4 is 15.8 Å². The van der Waals surface area contributed by atoms with E-state index in [1.165, 1.54) is 12.8 Å². The fourth-order valence-corrected chi connectivity index (χ4v) is 2.59. The molecular weight excluding hydrogens is 240 g/mol. The van der Waals surface area contributed by atoms with Crippen LogP contribution in [0.3, 0.4) is 0 Å². The fraction of sp³-hybridized carbons (Fsp3) is 0.533. The van der Waals surface area contributed by atoms with Crippen LogP contribution in [-0.4, -0.2) is 13.0 Å². The van der Waals surface area contributed by atoms with Crippen LogP contribution >= 0.6 is 0 Å². The number of ether oxygens (including phenoxy) is 1. The molecule has 104 valence electrons. The Kier molecular flexibility index (Phi) is 4.66. The number of rotatable bonds is 3. The van der Waals surface area contributed by atoms with Gasteiger partial charge in [0.1, 0.15) is 5.75 Å². The second kappa shape index (κ2) is 6.45. The minimum Gasteiger partial charge on any atom is -0.494 e.